The van der Waals surface area contributed by atoms with Crippen molar-refractivity contribution in [2.24, 2.45) is 0 Å². The maximum absolute atomic E-state index is 13.2. The van der Waals surface area contributed by atoms with Crippen LogP contribution in [0.5, 0.6) is 0 Å². The second-order valence-electron chi connectivity index (χ2n) is 4.98. The van der Waals surface area contributed by atoms with Gasteiger partial charge in [-0.25, -0.2) is 8.78 Å². The Morgan fingerprint density at radius 2 is 1.07 bits per heavy atom. The Labute approximate surface area is 149 Å². The summed E-state index contributed by atoms with van der Waals surface area (Å²) in [6, 6.07) is 0.769. The third-order valence-corrected chi connectivity index (χ3v) is 3.04. The van der Waals surface area contributed by atoms with Crippen LogP contribution in [0.1, 0.15) is 6.42 Å². The molecular formula is C11H4F15NO2. The molecule has 0 aliphatic rings. The van der Waals surface area contributed by atoms with E-state index in [4.69, 9.17) is 5.26 Å². The van der Waals surface area contributed by atoms with E-state index in [-0.39, 0.29) is 0 Å². The molecule has 0 aromatic carbocycles. The Balaban J connectivity index is 6.31. The molecule has 0 heterocycles. The minimum atomic E-state index is -8.32. The van der Waals surface area contributed by atoms with Crippen LogP contribution in [-0.4, -0.2) is 54.3 Å². The maximum atomic E-state index is 13.2. The summed E-state index contributed by atoms with van der Waals surface area (Å²) in [5.74, 6) is -49.8. The summed E-state index contributed by atoms with van der Waals surface area (Å²) in [6.07, 6.45) is -12.8. The van der Waals surface area contributed by atoms with E-state index in [0.29, 0.717) is 0 Å². The number of esters is 1. The predicted octanol–water partition coefficient (Wildman–Crippen LogP) is 4.82. The lowest BCUT2D eigenvalue weighted by atomic mass is 9.91. The summed E-state index contributed by atoms with van der Waals surface area (Å²) in [6.45, 7) is 0. The van der Waals surface area contributed by atoms with Crippen molar-refractivity contribution in [2.45, 2.75) is 54.7 Å². The summed E-state index contributed by atoms with van der Waals surface area (Å²) < 4.78 is 196. The summed E-state index contributed by atoms with van der Waals surface area (Å²) in [7, 11) is 0. The van der Waals surface area contributed by atoms with Crippen LogP contribution >= 0.6 is 0 Å². The fourth-order valence-electron chi connectivity index (χ4n) is 1.39. The van der Waals surface area contributed by atoms with Gasteiger partial charge in [0, 0.05) is 0 Å². The van der Waals surface area contributed by atoms with Gasteiger partial charge in [-0.15, -0.1) is 0 Å². The molecule has 0 radical (unpaired) electrons. The molecule has 0 rings (SSSR count). The van der Waals surface area contributed by atoms with Gasteiger partial charge in [0.05, 0.1) is 6.07 Å². The lowest BCUT2D eigenvalue weighted by Crippen LogP contribution is -2.72. The van der Waals surface area contributed by atoms with Gasteiger partial charge in [0.25, 0.3) is 0 Å². The van der Waals surface area contributed by atoms with Crippen LogP contribution in [0.3, 0.4) is 0 Å². The van der Waals surface area contributed by atoms with Gasteiger partial charge in [0.1, 0.15) is 6.42 Å². The highest BCUT2D eigenvalue weighted by Crippen LogP contribution is 2.61. The summed E-state index contributed by atoms with van der Waals surface area (Å²) >= 11 is 0. The molecule has 3 nitrogen and oxygen atoms in total. The highest BCUT2D eigenvalue weighted by Gasteiger charge is 2.92. The monoisotopic (exact) mass is 467 g/mol. The molecule has 1 unspecified atom stereocenters. The van der Waals surface area contributed by atoms with Crippen LogP contribution in [0, 0.1) is 11.3 Å². The molecule has 0 N–H and O–H groups in total. The molecular weight excluding hydrogens is 463 g/mol. The molecule has 0 saturated carbocycles. The number of nitrogens with zero attached hydrogens (tertiary/aromatic N) is 1. The van der Waals surface area contributed by atoms with E-state index in [9.17, 15) is 70.7 Å². The van der Waals surface area contributed by atoms with Crippen LogP contribution in [-0.2, 0) is 9.53 Å². The highest BCUT2D eigenvalue weighted by molar-refractivity contribution is 5.71. The first kappa shape index (κ1) is 26.9. The Morgan fingerprint density at radius 3 is 1.38 bits per heavy atom. The lowest BCUT2D eigenvalue weighted by Gasteiger charge is -2.41. The van der Waals surface area contributed by atoms with E-state index in [0.717, 1.165) is 6.07 Å². The van der Waals surface area contributed by atoms with Gasteiger partial charge in [0.2, 0.25) is 0 Å². The Kier molecular flexibility index (Phi) is 7.08. The van der Waals surface area contributed by atoms with Gasteiger partial charge in [-0.1, -0.05) is 0 Å². The van der Waals surface area contributed by atoms with Crippen molar-refractivity contribution in [3.8, 4) is 6.07 Å². The van der Waals surface area contributed by atoms with E-state index >= 15 is 0 Å². The molecule has 0 aliphatic heterocycles. The van der Waals surface area contributed by atoms with Crippen LogP contribution < -0.4 is 0 Å². The van der Waals surface area contributed by atoms with Crippen molar-refractivity contribution < 1.29 is 75.4 Å². The average molecular weight is 467 g/mol. The second kappa shape index (κ2) is 7.63. The zero-order valence-electron chi connectivity index (χ0n) is 12.8. The maximum Gasteiger partial charge on any atom is 0.385 e. The van der Waals surface area contributed by atoms with Crippen molar-refractivity contribution in [2.75, 3.05) is 0 Å². The minimum Gasteiger partial charge on any atom is -0.423 e. The number of rotatable bonds is 9. The summed E-state index contributed by atoms with van der Waals surface area (Å²) in [4.78, 5) is 10.5. The number of nitriles is 1. The van der Waals surface area contributed by atoms with Crippen molar-refractivity contribution in [1.82, 2.24) is 0 Å². The third-order valence-electron chi connectivity index (χ3n) is 3.04. The van der Waals surface area contributed by atoms with Gasteiger partial charge in [-0.2, -0.15) is 62.3 Å². The SMILES string of the molecule is N#CCC(=O)OC(F)C(F)(F)C(F)(F)C(F)(F)C(F)(F)C(F)(F)C(F)(F)C(F)F. The third kappa shape index (κ3) is 3.86. The molecule has 0 aromatic heterocycles. The van der Waals surface area contributed by atoms with E-state index < -0.39 is 60.7 Å². The fourth-order valence-corrected chi connectivity index (χ4v) is 1.39. The van der Waals surface area contributed by atoms with Gasteiger partial charge < -0.3 is 4.74 Å². The number of halogens is 15. The molecule has 0 aromatic rings. The molecule has 29 heavy (non-hydrogen) atoms. The smallest absolute Gasteiger partial charge is 0.385 e. The van der Waals surface area contributed by atoms with Crippen LogP contribution in [0.2, 0.25) is 0 Å². The van der Waals surface area contributed by atoms with E-state index in [1.807, 2.05) is 0 Å². The first-order valence-electron chi connectivity index (χ1n) is 6.32. The van der Waals surface area contributed by atoms with Gasteiger partial charge >= 0.3 is 54.3 Å². The average Bonchev–Trinajstić information content (AvgIpc) is 2.53. The van der Waals surface area contributed by atoms with E-state index in [1.165, 1.54) is 0 Å². The van der Waals surface area contributed by atoms with Gasteiger partial charge in [-0.3, -0.25) is 4.79 Å². The number of carbonyl (C=O) groups is 1. The van der Waals surface area contributed by atoms with E-state index in [2.05, 4.69) is 4.74 Å². The molecule has 170 valence electrons. The zero-order valence-corrected chi connectivity index (χ0v) is 12.8. The van der Waals surface area contributed by atoms with Crippen LogP contribution in [0.25, 0.3) is 0 Å². The Hall–Kier alpha value is -2.09. The van der Waals surface area contributed by atoms with Crippen LogP contribution in [0.4, 0.5) is 65.9 Å². The molecule has 0 bridgehead atoms. The quantitative estimate of drug-likeness (QED) is 0.361. The predicted molar refractivity (Wildman–Crippen MR) is 56.9 cm³/mol. The van der Waals surface area contributed by atoms with E-state index in [1.54, 1.807) is 0 Å². The number of ether oxygens (including phenoxy) is 1. The van der Waals surface area contributed by atoms with Crippen LogP contribution in [0.15, 0.2) is 0 Å². The largest absolute Gasteiger partial charge is 0.423 e. The summed E-state index contributed by atoms with van der Waals surface area (Å²) in [5.41, 5.74) is 0. The molecule has 1 atom stereocenters. The number of hydrogen-bond donors (Lipinski definition) is 0. The lowest BCUT2D eigenvalue weighted by molar-refractivity contribution is -0.441. The molecule has 0 fully saturated rings. The normalized spacial score (nSPS) is 15.8. The zero-order chi connectivity index (χ0) is 23.9. The number of hydrogen-bond acceptors (Lipinski definition) is 3. The molecule has 0 aliphatic carbocycles. The number of carbonyl (C=O) groups excluding carboxylic acids is 1. The minimum absolute atomic E-state index is 0.769. The first-order valence-corrected chi connectivity index (χ1v) is 6.32. The Morgan fingerprint density at radius 1 is 0.724 bits per heavy atom. The van der Waals surface area contributed by atoms with Gasteiger partial charge in [-0.05, 0) is 0 Å². The highest BCUT2D eigenvalue weighted by atomic mass is 19.4. The molecule has 0 amide bonds. The molecule has 18 heteroatoms. The fraction of sp³-hybridized carbons (Fsp3) is 0.818. The first-order chi connectivity index (χ1) is 12.6. The molecule has 0 spiro atoms. The summed E-state index contributed by atoms with van der Waals surface area (Å²) in [5, 5.41) is 7.92. The van der Waals surface area contributed by atoms with Crippen molar-refractivity contribution in [1.29, 1.82) is 5.26 Å². The molecule has 0 saturated heterocycles. The van der Waals surface area contributed by atoms with Crippen molar-refractivity contribution >= 4 is 5.97 Å². The van der Waals surface area contributed by atoms with Crippen molar-refractivity contribution in [3.63, 3.8) is 0 Å². The number of alkyl halides is 15. The second-order valence-corrected chi connectivity index (χ2v) is 4.98. The Bertz CT molecular complexity index is 653. The van der Waals surface area contributed by atoms with Crippen molar-refractivity contribution in [3.05, 3.63) is 0 Å². The topological polar surface area (TPSA) is 50.1 Å². The van der Waals surface area contributed by atoms with Gasteiger partial charge in [0.15, 0.2) is 0 Å². The standard InChI is InChI=1S/C11H4F15NO2/c12-4(13)6(15,16)8(19,20)10(23,24)11(25,26)9(21,22)7(17,18)5(14)29-3(28)1-2-27/h4-5H,1H2.